The normalized spacial score (nSPS) is 19.7. The lowest BCUT2D eigenvalue weighted by Crippen LogP contribution is -2.42. The van der Waals surface area contributed by atoms with Crippen LogP contribution in [0.4, 0.5) is 25.3 Å². The highest BCUT2D eigenvalue weighted by Gasteiger charge is 2.47. The molecule has 0 radical (unpaired) electrons. The summed E-state index contributed by atoms with van der Waals surface area (Å²) in [6.45, 7) is -0.994. The molecule has 13 heteroatoms. The third-order valence-electron chi connectivity index (χ3n) is 5.80. The van der Waals surface area contributed by atoms with Gasteiger partial charge < -0.3 is 19.7 Å². The fourth-order valence-electron chi connectivity index (χ4n) is 3.81. The number of hydrogen-bond acceptors (Lipinski definition) is 7. The summed E-state index contributed by atoms with van der Waals surface area (Å²) in [6.07, 6.45) is 2.33. The number of carbonyl (C=O) groups is 1. The molecule has 2 aliphatic rings. The molecule has 34 heavy (non-hydrogen) atoms. The Morgan fingerprint density at radius 2 is 2.09 bits per heavy atom. The number of cyclic esters (lactones) is 1. The smallest absolute Gasteiger partial charge is 0.416 e. The van der Waals surface area contributed by atoms with Gasteiger partial charge in [-0.15, -0.1) is 0 Å². The lowest BCUT2D eigenvalue weighted by molar-refractivity contribution is 0.139. The predicted molar refractivity (Wildman–Crippen MR) is 120 cm³/mol. The number of carbonyl (C=O) groups excluding carboxylic acids is 1. The molecule has 1 amide bonds. The summed E-state index contributed by atoms with van der Waals surface area (Å²) in [5.41, 5.74) is 0.765. The highest BCUT2D eigenvalue weighted by Crippen LogP contribution is 2.47. The molecular weight excluding hydrogens is 493 g/mol. The molecule has 1 aromatic carbocycles. The number of anilines is 2. The molecule has 0 unspecified atom stereocenters. The second kappa shape index (κ2) is 8.64. The van der Waals surface area contributed by atoms with Crippen LogP contribution in [0.2, 0.25) is 10.2 Å². The second-order valence-corrected chi connectivity index (χ2v) is 8.85. The number of ether oxygens (including phenoxy) is 1. The van der Waals surface area contributed by atoms with E-state index in [9.17, 15) is 18.7 Å². The zero-order valence-electron chi connectivity index (χ0n) is 17.5. The van der Waals surface area contributed by atoms with Gasteiger partial charge in [0.1, 0.15) is 35.6 Å². The molecule has 1 aliphatic carbocycles. The maximum atomic E-state index is 14.2. The molecule has 1 saturated heterocycles. The van der Waals surface area contributed by atoms with Gasteiger partial charge in [0, 0.05) is 18.0 Å². The Kier molecular flexibility index (Phi) is 5.78. The first kappa shape index (κ1) is 22.8. The van der Waals surface area contributed by atoms with Gasteiger partial charge in [-0.1, -0.05) is 23.2 Å². The minimum atomic E-state index is -1.71. The number of nitrogens with one attached hydrogen (secondary N) is 1. The minimum Gasteiger partial charge on any atom is -0.447 e. The molecule has 9 nitrogen and oxygen atoms in total. The van der Waals surface area contributed by atoms with Crippen LogP contribution in [0.25, 0.3) is 5.69 Å². The van der Waals surface area contributed by atoms with Crippen molar-refractivity contribution in [2.24, 2.45) is 0 Å². The maximum Gasteiger partial charge on any atom is 0.416 e. The first-order valence-electron chi connectivity index (χ1n) is 10.3. The number of aromatic nitrogens is 4. The fraction of sp³-hybridized carbons (Fsp3) is 0.333. The van der Waals surface area contributed by atoms with Crippen molar-refractivity contribution in [3.63, 3.8) is 0 Å². The Hall–Kier alpha value is -3.02. The highest BCUT2D eigenvalue weighted by molar-refractivity contribution is 6.31. The molecule has 1 saturated carbocycles. The Bertz CT molecular complexity index is 1250. The van der Waals surface area contributed by atoms with Gasteiger partial charge in [0.2, 0.25) is 5.95 Å². The van der Waals surface area contributed by atoms with Gasteiger partial charge in [-0.2, -0.15) is 4.98 Å². The molecular formula is C21H18Cl2F2N6O3. The number of alkyl halides is 1. The fourth-order valence-corrected chi connectivity index (χ4v) is 4.17. The first-order chi connectivity index (χ1) is 16.3. The minimum absolute atomic E-state index is 0.00215. The van der Waals surface area contributed by atoms with Gasteiger partial charge >= 0.3 is 6.09 Å². The number of halogens is 4. The zero-order valence-corrected chi connectivity index (χ0v) is 19.0. The van der Waals surface area contributed by atoms with E-state index in [4.69, 9.17) is 27.9 Å². The molecule has 5 rings (SSSR count). The van der Waals surface area contributed by atoms with Crippen LogP contribution < -0.4 is 10.2 Å². The van der Waals surface area contributed by atoms with Crippen molar-refractivity contribution in [3.05, 3.63) is 58.5 Å². The van der Waals surface area contributed by atoms with E-state index in [1.165, 1.54) is 18.2 Å². The van der Waals surface area contributed by atoms with E-state index in [2.05, 4.69) is 20.3 Å². The van der Waals surface area contributed by atoms with Crippen molar-refractivity contribution in [1.82, 2.24) is 19.5 Å². The zero-order chi connectivity index (χ0) is 24.0. The number of imidazole rings is 1. The van der Waals surface area contributed by atoms with Crippen molar-refractivity contribution >= 4 is 41.1 Å². The molecule has 3 aromatic rings. The summed E-state index contributed by atoms with van der Waals surface area (Å²) in [5, 5.41) is 12.4. The number of benzene rings is 1. The van der Waals surface area contributed by atoms with Crippen LogP contribution in [0.1, 0.15) is 18.5 Å². The first-order valence-corrected chi connectivity index (χ1v) is 11.1. The van der Waals surface area contributed by atoms with E-state index < -0.39 is 36.3 Å². The Morgan fingerprint density at radius 3 is 2.79 bits per heavy atom. The SMILES string of the molecule is O=C1OC[C@H]([C@@H](F)CO)N1c1cc(Cl)nc(NC2(c3cn(-c4ccc(F)c(Cl)c4)cn3)CC2)n1. The maximum absolute atomic E-state index is 14.2. The summed E-state index contributed by atoms with van der Waals surface area (Å²) >= 11 is 12.1. The lowest BCUT2D eigenvalue weighted by Gasteiger charge is -2.23. The van der Waals surface area contributed by atoms with Crippen molar-refractivity contribution in [1.29, 1.82) is 0 Å². The Labute approximate surface area is 202 Å². The van der Waals surface area contributed by atoms with Gasteiger partial charge in [0.25, 0.3) is 0 Å². The van der Waals surface area contributed by atoms with Gasteiger partial charge in [-0.05, 0) is 31.0 Å². The van der Waals surface area contributed by atoms with Crippen molar-refractivity contribution < 1.29 is 23.4 Å². The standard InChI is InChI=1S/C21H18Cl2F2N6O3/c22-12-5-11(1-2-13(12)24)30-7-16(26-10-30)21(3-4-21)29-19-27-17(23)6-18(28-19)31-15(14(25)8-32)9-34-20(31)33/h1-2,5-7,10,14-15,32H,3-4,8-9H2,(H,27,28,29)/t14-,15+/m0/s1. The molecule has 1 aliphatic heterocycles. The highest BCUT2D eigenvalue weighted by atomic mass is 35.5. The topological polar surface area (TPSA) is 105 Å². The third-order valence-corrected chi connectivity index (χ3v) is 6.28. The molecule has 178 valence electrons. The molecule has 2 N–H and O–H groups in total. The number of aliphatic hydroxyl groups is 1. The van der Waals surface area contributed by atoms with Gasteiger partial charge in [-0.25, -0.2) is 23.5 Å². The predicted octanol–water partition coefficient (Wildman–Crippen LogP) is 3.87. The van der Waals surface area contributed by atoms with Crippen LogP contribution in [0.3, 0.4) is 0 Å². The van der Waals surface area contributed by atoms with Crippen LogP contribution in [0.15, 0.2) is 36.8 Å². The van der Waals surface area contributed by atoms with Crippen molar-refractivity contribution in [2.45, 2.75) is 30.6 Å². The van der Waals surface area contributed by atoms with E-state index in [1.807, 2.05) is 0 Å². The van der Waals surface area contributed by atoms with Gasteiger partial charge in [0.15, 0.2) is 0 Å². The Balaban J connectivity index is 1.41. The second-order valence-electron chi connectivity index (χ2n) is 8.06. The van der Waals surface area contributed by atoms with Crippen LogP contribution in [-0.2, 0) is 10.3 Å². The molecule has 0 bridgehead atoms. The monoisotopic (exact) mass is 510 g/mol. The molecule has 2 aromatic heterocycles. The average Bonchev–Trinajstić information content (AvgIpc) is 3.23. The third kappa shape index (κ3) is 4.15. The van der Waals surface area contributed by atoms with Crippen LogP contribution in [-0.4, -0.2) is 56.1 Å². The van der Waals surface area contributed by atoms with Gasteiger partial charge in [-0.3, -0.25) is 4.90 Å². The van der Waals surface area contributed by atoms with Gasteiger partial charge in [0.05, 0.1) is 29.2 Å². The summed E-state index contributed by atoms with van der Waals surface area (Å²) in [5.74, 6) is -0.340. The van der Waals surface area contributed by atoms with Crippen molar-refractivity contribution in [2.75, 3.05) is 23.4 Å². The number of amides is 1. The average molecular weight is 511 g/mol. The molecule has 3 heterocycles. The lowest BCUT2D eigenvalue weighted by atomic mass is 10.2. The number of nitrogens with zero attached hydrogens (tertiary/aromatic N) is 5. The van der Waals surface area contributed by atoms with Crippen LogP contribution in [0, 0.1) is 5.82 Å². The number of aliphatic hydroxyl groups excluding tert-OH is 1. The quantitative estimate of drug-likeness (QED) is 0.464. The van der Waals surface area contributed by atoms with Crippen molar-refractivity contribution in [3.8, 4) is 5.69 Å². The largest absolute Gasteiger partial charge is 0.447 e. The summed E-state index contributed by atoms with van der Waals surface area (Å²) in [4.78, 5) is 26.2. The van der Waals surface area contributed by atoms with Crippen LogP contribution >= 0.6 is 23.2 Å². The molecule has 2 atom stereocenters. The van der Waals surface area contributed by atoms with E-state index in [0.717, 1.165) is 17.7 Å². The summed E-state index contributed by atoms with van der Waals surface area (Å²) in [6, 6.07) is 4.65. The van der Waals surface area contributed by atoms with Crippen LogP contribution in [0.5, 0.6) is 0 Å². The van der Waals surface area contributed by atoms with E-state index in [1.54, 1.807) is 23.2 Å². The number of rotatable bonds is 7. The molecule has 0 spiro atoms. The summed E-state index contributed by atoms with van der Waals surface area (Å²) in [7, 11) is 0. The molecule has 2 fully saturated rings. The van der Waals surface area contributed by atoms with E-state index in [0.29, 0.717) is 11.4 Å². The number of hydrogen-bond donors (Lipinski definition) is 2. The Morgan fingerprint density at radius 1 is 1.29 bits per heavy atom. The van der Waals surface area contributed by atoms with E-state index in [-0.39, 0.29) is 28.5 Å². The summed E-state index contributed by atoms with van der Waals surface area (Å²) < 4.78 is 34.3. The van der Waals surface area contributed by atoms with E-state index >= 15 is 0 Å².